The molecule has 0 aliphatic carbocycles. The van der Waals surface area contributed by atoms with Gasteiger partial charge in [-0.1, -0.05) is 18.2 Å². The summed E-state index contributed by atoms with van der Waals surface area (Å²) < 4.78 is 0. The number of hydrogen-bond donors (Lipinski definition) is 1. The van der Waals surface area contributed by atoms with E-state index in [0.29, 0.717) is 0 Å². The lowest BCUT2D eigenvalue weighted by atomic mass is 10.1. The van der Waals surface area contributed by atoms with Crippen LogP contribution in [-0.2, 0) is 0 Å². The zero-order valence-electron chi connectivity index (χ0n) is 10.5. The Bertz CT molecular complexity index is 199. The lowest BCUT2D eigenvalue weighted by molar-refractivity contribution is 0.509. The van der Waals surface area contributed by atoms with Crippen molar-refractivity contribution in [1.82, 2.24) is 4.98 Å². The van der Waals surface area contributed by atoms with Gasteiger partial charge in [0.05, 0.1) is 0 Å². The molecule has 0 saturated heterocycles. The van der Waals surface area contributed by atoms with Crippen LogP contribution in [0.1, 0.15) is 20.8 Å². The molecule has 0 aromatic rings. The first kappa shape index (κ1) is 14.4. The topological polar surface area (TPSA) is 12.0 Å². The second kappa shape index (κ2) is 6.08. The summed E-state index contributed by atoms with van der Waals surface area (Å²) in [6, 6.07) is 3.22. The van der Waals surface area contributed by atoms with Crippen LogP contribution in [-0.4, -0.2) is 13.8 Å². The van der Waals surface area contributed by atoms with Crippen molar-refractivity contribution < 1.29 is 0 Å². The van der Waals surface area contributed by atoms with E-state index in [4.69, 9.17) is 0 Å². The molecule has 0 rings (SSSR count). The largest absolute Gasteiger partial charge is 0.332 e. The number of rotatable bonds is 7. The van der Waals surface area contributed by atoms with E-state index in [0.717, 1.165) is 18.1 Å². The number of nitrogens with one attached hydrogen (secondary N) is 1. The summed E-state index contributed by atoms with van der Waals surface area (Å²) in [6.07, 6.45) is 6.08. The van der Waals surface area contributed by atoms with E-state index in [9.17, 15) is 0 Å². The highest BCUT2D eigenvalue weighted by atomic mass is 28.3. The molecule has 86 valence electrons. The van der Waals surface area contributed by atoms with Gasteiger partial charge in [-0.2, -0.15) is 0 Å². The Balaban J connectivity index is 4.82. The molecule has 0 saturated carbocycles. The summed E-state index contributed by atoms with van der Waals surface area (Å²) in [5.41, 5.74) is 0.154. The van der Waals surface area contributed by atoms with E-state index < -0.39 is 8.24 Å². The van der Waals surface area contributed by atoms with Gasteiger partial charge in [0.15, 0.2) is 0 Å². The first-order valence-electron chi connectivity index (χ1n) is 5.51. The summed E-state index contributed by atoms with van der Waals surface area (Å²) in [4.78, 5) is 3.80. The minimum absolute atomic E-state index is 0.154. The average molecular weight is 223 g/mol. The van der Waals surface area contributed by atoms with E-state index in [1.165, 1.54) is 0 Å². The fourth-order valence-electron chi connectivity index (χ4n) is 2.03. The van der Waals surface area contributed by atoms with Crippen LogP contribution in [0.25, 0.3) is 0 Å². The Labute approximate surface area is 96.1 Å². The highest BCUT2D eigenvalue weighted by molar-refractivity contribution is 6.78. The van der Waals surface area contributed by atoms with Crippen LogP contribution >= 0.6 is 0 Å². The maximum Gasteiger partial charge on any atom is 0.137 e. The Hall–Kier alpha value is -0.603. The predicted molar refractivity (Wildman–Crippen MR) is 73.7 cm³/mol. The molecule has 0 fully saturated rings. The van der Waals surface area contributed by atoms with Crippen molar-refractivity contribution in [2.45, 2.75) is 44.4 Å². The number of hydrogen-bond acceptors (Lipinski definition) is 1. The van der Waals surface area contributed by atoms with Gasteiger partial charge in [0.25, 0.3) is 0 Å². The Kier molecular flexibility index (Phi) is 5.84. The van der Waals surface area contributed by atoms with Crippen molar-refractivity contribution in [3.63, 3.8) is 0 Å². The third-order valence-corrected chi connectivity index (χ3v) is 6.74. The van der Waals surface area contributed by atoms with Crippen LogP contribution < -0.4 is 4.98 Å². The van der Waals surface area contributed by atoms with Gasteiger partial charge < -0.3 is 4.98 Å². The van der Waals surface area contributed by atoms with Crippen LogP contribution in [0, 0.1) is 0 Å². The predicted octanol–water partition coefficient (Wildman–Crippen LogP) is 3.88. The molecule has 1 nitrogen and oxygen atoms in total. The molecular weight excluding hydrogens is 198 g/mol. The molecule has 2 heteroatoms. The molecule has 0 aromatic heterocycles. The molecule has 0 spiro atoms. The van der Waals surface area contributed by atoms with Crippen molar-refractivity contribution in [2.75, 3.05) is 0 Å². The van der Waals surface area contributed by atoms with Gasteiger partial charge in [0.2, 0.25) is 0 Å². The van der Waals surface area contributed by atoms with Crippen molar-refractivity contribution in [1.29, 1.82) is 0 Å². The van der Waals surface area contributed by atoms with E-state index in [1.807, 2.05) is 18.2 Å². The average Bonchev–Trinajstić information content (AvgIpc) is 2.01. The normalized spacial score (nSPS) is 12.2. The molecule has 0 heterocycles. The van der Waals surface area contributed by atoms with Crippen molar-refractivity contribution >= 4 is 8.24 Å². The van der Waals surface area contributed by atoms with E-state index >= 15 is 0 Å². The van der Waals surface area contributed by atoms with Gasteiger partial charge in [-0.15, -0.1) is 19.7 Å². The van der Waals surface area contributed by atoms with Crippen molar-refractivity contribution in [2.24, 2.45) is 0 Å². The minimum Gasteiger partial charge on any atom is -0.332 e. The second-order valence-corrected chi connectivity index (χ2v) is 9.17. The summed E-state index contributed by atoms with van der Waals surface area (Å²) in [5, 5.41) is 0. The standard InChI is InChI=1S/C13H25NSi/c1-7-10-15(11-8-2,12-9-3)14-13(4,5)6/h7-9,14H,1-3,10-12H2,4-6H3. The van der Waals surface area contributed by atoms with Crippen molar-refractivity contribution in [3.8, 4) is 0 Å². The molecular formula is C13H25NSi. The van der Waals surface area contributed by atoms with Crippen LogP contribution in [0.15, 0.2) is 38.0 Å². The SMILES string of the molecule is C=CC[Si](CC=C)(CC=C)NC(C)(C)C. The highest BCUT2D eigenvalue weighted by Crippen LogP contribution is 2.22. The van der Waals surface area contributed by atoms with Crippen LogP contribution in [0.5, 0.6) is 0 Å². The van der Waals surface area contributed by atoms with Crippen molar-refractivity contribution in [3.05, 3.63) is 38.0 Å². The molecule has 0 bridgehead atoms. The first-order valence-corrected chi connectivity index (χ1v) is 8.13. The zero-order valence-corrected chi connectivity index (χ0v) is 11.5. The van der Waals surface area contributed by atoms with Gasteiger partial charge in [-0.25, -0.2) is 0 Å². The summed E-state index contributed by atoms with van der Waals surface area (Å²) >= 11 is 0. The van der Waals surface area contributed by atoms with E-state index in [-0.39, 0.29) is 5.54 Å². The molecule has 1 N–H and O–H groups in total. The molecule has 0 radical (unpaired) electrons. The maximum atomic E-state index is 3.87. The van der Waals surface area contributed by atoms with Crippen LogP contribution in [0.4, 0.5) is 0 Å². The van der Waals surface area contributed by atoms with Gasteiger partial charge in [-0.05, 0) is 38.9 Å². The van der Waals surface area contributed by atoms with E-state index in [2.05, 4.69) is 45.5 Å². The maximum absolute atomic E-state index is 3.87. The summed E-state index contributed by atoms with van der Waals surface area (Å²) in [5.74, 6) is 0. The first-order chi connectivity index (χ1) is 6.89. The molecule has 0 aromatic carbocycles. The Morgan fingerprint density at radius 2 is 1.27 bits per heavy atom. The van der Waals surface area contributed by atoms with Gasteiger partial charge in [-0.3, -0.25) is 0 Å². The quantitative estimate of drug-likeness (QED) is 0.510. The molecule has 0 aliphatic heterocycles. The molecule has 0 atom stereocenters. The molecule has 15 heavy (non-hydrogen) atoms. The lowest BCUT2D eigenvalue weighted by Gasteiger charge is -2.37. The third-order valence-electron chi connectivity index (χ3n) is 2.25. The number of allylic oxidation sites excluding steroid dienone is 3. The third kappa shape index (κ3) is 5.75. The Morgan fingerprint density at radius 3 is 1.47 bits per heavy atom. The zero-order chi connectivity index (χ0) is 11.9. The minimum atomic E-state index is -1.54. The fraction of sp³-hybridized carbons (Fsp3) is 0.538. The van der Waals surface area contributed by atoms with Gasteiger partial charge in [0, 0.05) is 5.54 Å². The molecule has 0 aliphatic rings. The highest BCUT2D eigenvalue weighted by Gasteiger charge is 2.32. The second-order valence-electron chi connectivity index (χ2n) is 5.13. The van der Waals surface area contributed by atoms with Gasteiger partial charge >= 0.3 is 0 Å². The van der Waals surface area contributed by atoms with Crippen LogP contribution in [0.2, 0.25) is 18.1 Å². The Morgan fingerprint density at radius 1 is 0.933 bits per heavy atom. The van der Waals surface area contributed by atoms with Crippen LogP contribution in [0.3, 0.4) is 0 Å². The molecule has 0 amide bonds. The smallest absolute Gasteiger partial charge is 0.137 e. The summed E-state index contributed by atoms with van der Waals surface area (Å²) in [7, 11) is -1.54. The monoisotopic (exact) mass is 223 g/mol. The lowest BCUT2D eigenvalue weighted by Crippen LogP contribution is -2.57. The van der Waals surface area contributed by atoms with Gasteiger partial charge in [0.1, 0.15) is 8.24 Å². The fourth-order valence-corrected chi connectivity index (χ4v) is 6.08. The molecule has 0 unspecified atom stereocenters. The summed E-state index contributed by atoms with van der Waals surface area (Å²) in [6.45, 7) is 18.2. The van der Waals surface area contributed by atoms with E-state index in [1.54, 1.807) is 0 Å².